The summed E-state index contributed by atoms with van der Waals surface area (Å²) in [5.74, 6) is -0.158. The Bertz CT molecular complexity index is 1330. The first-order valence-corrected chi connectivity index (χ1v) is 9.26. The van der Waals surface area contributed by atoms with Crippen molar-refractivity contribution in [1.82, 2.24) is 9.99 Å². The summed E-state index contributed by atoms with van der Waals surface area (Å²) >= 11 is 0. The second-order valence-corrected chi connectivity index (χ2v) is 6.68. The molecule has 0 aliphatic carbocycles. The monoisotopic (exact) mass is 379 g/mol. The molecule has 0 aliphatic heterocycles. The number of rotatable bonds is 4. The molecule has 0 saturated heterocycles. The lowest BCUT2D eigenvalue weighted by molar-refractivity contribution is 0.0929. The number of hydrogen-bond donors (Lipinski definition) is 1. The molecule has 0 aliphatic rings. The maximum absolute atomic E-state index is 12.3. The van der Waals surface area contributed by atoms with Crippen LogP contribution in [0.3, 0.4) is 0 Å². The number of benzene rings is 3. The average Bonchev–Trinajstić information content (AvgIpc) is 3.40. The molecule has 1 N–H and O–H groups in total. The average molecular weight is 379 g/mol. The summed E-state index contributed by atoms with van der Waals surface area (Å²) in [5, 5.41) is 7.34. The number of aromatic nitrogens is 1. The molecule has 140 valence electrons. The molecule has 29 heavy (non-hydrogen) atoms. The number of furan rings is 1. The zero-order valence-corrected chi connectivity index (χ0v) is 15.4. The van der Waals surface area contributed by atoms with E-state index in [1.807, 2.05) is 59.3 Å². The van der Waals surface area contributed by atoms with E-state index in [4.69, 9.17) is 4.42 Å². The van der Waals surface area contributed by atoms with Gasteiger partial charge in [0.05, 0.1) is 11.9 Å². The van der Waals surface area contributed by atoms with Crippen LogP contribution in [0.1, 0.15) is 16.2 Å². The molecule has 0 radical (unpaired) electrons. The molecule has 5 aromatic rings. The molecular formula is C24H17N3O2. The van der Waals surface area contributed by atoms with Crippen molar-refractivity contribution in [3.63, 3.8) is 0 Å². The van der Waals surface area contributed by atoms with Crippen molar-refractivity contribution < 1.29 is 9.21 Å². The van der Waals surface area contributed by atoms with Gasteiger partial charge >= 0.3 is 5.91 Å². The number of fused-ring (bicyclic) bond motifs is 2. The minimum Gasteiger partial charge on any atom is -0.451 e. The van der Waals surface area contributed by atoms with Crippen molar-refractivity contribution in [2.45, 2.75) is 0 Å². The maximum Gasteiger partial charge on any atom is 0.307 e. The summed E-state index contributed by atoms with van der Waals surface area (Å²) < 4.78 is 7.58. The zero-order chi connectivity index (χ0) is 19.6. The van der Waals surface area contributed by atoms with Crippen LogP contribution in [0, 0.1) is 0 Å². The van der Waals surface area contributed by atoms with E-state index >= 15 is 0 Å². The number of amides is 1. The number of hydrogen-bond acceptors (Lipinski definition) is 3. The summed E-state index contributed by atoms with van der Waals surface area (Å²) in [5.41, 5.74) is 5.08. The molecule has 0 atom stereocenters. The van der Waals surface area contributed by atoms with Gasteiger partial charge in [0.2, 0.25) is 0 Å². The Labute approximate surface area is 166 Å². The van der Waals surface area contributed by atoms with E-state index in [1.54, 1.807) is 12.3 Å². The lowest BCUT2D eigenvalue weighted by Gasteiger charge is -2.08. The van der Waals surface area contributed by atoms with E-state index in [0.717, 1.165) is 16.8 Å². The Kier molecular flexibility index (Phi) is 4.18. The van der Waals surface area contributed by atoms with E-state index in [-0.39, 0.29) is 11.7 Å². The van der Waals surface area contributed by atoms with E-state index in [1.165, 1.54) is 10.8 Å². The van der Waals surface area contributed by atoms with Crippen LogP contribution in [0.2, 0.25) is 0 Å². The Balaban J connectivity index is 1.36. The molecular weight excluding hydrogens is 362 g/mol. The first-order chi connectivity index (χ1) is 14.3. The van der Waals surface area contributed by atoms with Gasteiger partial charge in [-0.1, -0.05) is 48.5 Å². The molecule has 5 nitrogen and oxygen atoms in total. The maximum atomic E-state index is 12.3. The van der Waals surface area contributed by atoms with Gasteiger partial charge in [-0.2, -0.15) is 5.10 Å². The van der Waals surface area contributed by atoms with E-state index in [0.29, 0.717) is 5.58 Å². The first kappa shape index (κ1) is 17.0. The van der Waals surface area contributed by atoms with Crippen molar-refractivity contribution in [2.24, 2.45) is 5.10 Å². The summed E-state index contributed by atoms with van der Waals surface area (Å²) in [6, 6.07) is 27.6. The van der Waals surface area contributed by atoms with Gasteiger partial charge < -0.3 is 8.98 Å². The second-order valence-electron chi connectivity index (χ2n) is 6.68. The molecule has 0 spiro atoms. The Morgan fingerprint density at radius 1 is 0.862 bits per heavy atom. The molecule has 3 aromatic carbocycles. The van der Waals surface area contributed by atoms with Gasteiger partial charge in [0.15, 0.2) is 5.76 Å². The molecule has 0 saturated carbocycles. The third-order valence-corrected chi connectivity index (χ3v) is 4.80. The number of hydrazone groups is 1. The summed E-state index contributed by atoms with van der Waals surface area (Å²) in [4.78, 5) is 12.3. The van der Waals surface area contributed by atoms with Crippen molar-refractivity contribution in [3.8, 4) is 5.69 Å². The molecule has 5 heteroatoms. The predicted octanol–water partition coefficient (Wildman–Crippen LogP) is 5.14. The van der Waals surface area contributed by atoms with Gasteiger partial charge in [-0.3, -0.25) is 4.79 Å². The molecule has 0 unspecified atom stereocenters. The van der Waals surface area contributed by atoms with Gasteiger partial charge in [-0.15, -0.1) is 0 Å². The molecule has 2 heterocycles. The van der Waals surface area contributed by atoms with Gasteiger partial charge in [0, 0.05) is 17.3 Å². The van der Waals surface area contributed by atoms with E-state index in [2.05, 4.69) is 40.9 Å². The highest BCUT2D eigenvalue weighted by molar-refractivity contribution is 5.96. The quantitative estimate of drug-likeness (QED) is 0.347. The fourth-order valence-corrected chi connectivity index (χ4v) is 3.37. The lowest BCUT2D eigenvalue weighted by atomic mass is 10.1. The predicted molar refractivity (Wildman–Crippen MR) is 115 cm³/mol. The van der Waals surface area contributed by atoms with Crippen LogP contribution in [0.15, 0.2) is 101 Å². The number of nitrogens with one attached hydrogen (secondary N) is 1. The fraction of sp³-hybridized carbons (Fsp3) is 0. The molecule has 1 amide bonds. The zero-order valence-electron chi connectivity index (χ0n) is 15.4. The van der Waals surface area contributed by atoms with Crippen molar-refractivity contribution in [3.05, 3.63) is 103 Å². The SMILES string of the molecule is O=C(N/N=C\c1cccn1-c1ccc2ccccc2c1)c1cc2ccccc2o1. The van der Waals surface area contributed by atoms with Crippen LogP contribution in [-0.4, -0.2) is 16.7 Å². The Morgan fingerprint density at radius 2 is 1.66 bits per heavy atom. The number of nitrogens with zero attached hydrogens (tertiary/aromatic N) is 2. The van der Waals surface area contributed by atoms with Crippen molar-refractivity contribution in [1.29, 1.82) is 0 Å². The highest BCUT2D eigenvalue weighted by Crippen LogP contribution is 2.20. The second kappa shape index (κ2) is 7.13. The number of carbonyl (C=O) groups excluding carboxylic acids is 1. The van der Waals surface area contributed by atoms with Crippen LogP contribution in [0.25, 0.3) is 27.4 Å². The molecule has 5 rings (SSSR count). The Morgan fingerprint density at radius 3 is 2.52 bits per heavy atom. The van der Waals surface area contributed by atoms with Crippen LogP contribution in [0.5, 0.6) is 0 Å². The minimum atomic E-state index is -0.388. The van der Waals surface area contributed by atoms with Crippen LogP contribution < -0.4 is 5.43 Å². The third kappa shape index (κ3) is 3.30. The topological polar surface area (TPSA) is 59.5 Å². The standard InChI is InChI=1S/C24H17N3O2/c28-24(23-15-19-8-3-4-10-22(19)29-23)26-25-16-21-9-5-13-27(21)20-12-11-17-6-1-2-7-18(17)14-20/h1-16H,(H,26,28)/b25-16-. The summed E-state index contributed by atoms with van der Waals surface area (Å²) in [6.07, 6.45) is 3.59. The largest absolute Gasteiger partial charge is 0.451 e. The third-order valence-electron chi connectivity index (χ3n) is 4.80. The van der Waals surface area contributed by atoms with E-state index in [9.17, 15) is 4.79 Å². The lowest BCUT2D eigenvalue weighted by Crippen LogP contribution is -2.17. The van der Waals surface area contributed by atoms with Gasteiger partial charge in [-0.25, -0.2) is 5.43 Å². The van der Waals surface area contributed by atoms with Crippen molar-refractivity contribution in [2.75, 3.05) is 0 Å². The normalized spacial score (nSPS) is 11.4. The van der Waals surface area contributed by atoms with Crippen LogP contribution >= 0.6 is 0 Å². The molecule has 0 bridgehead atoms. The smallest absolute Gasteiger partial charge is 0.307 e. The summed E-state index contributed by atoms with van der Waals surface area (Å²) in [6.45, 7) is 0. The highest BCUT2D eigenvalue weighted by atomic mass is 16.3. The summed E-state index contributed by atoms with van der Waals surface area (Å²) in [7, 11) is 0. The van der Waals surface area contributed by atoms with E-state index < -0.39 is 0 Å². The molecule has 0 fully saturated rings. The minimum absolute atomic E-state index is 0.230. The van der Waals surface area contributed by atoms with Gasteiger partial charge in [0.25, 0.3) is 0 Å². The van der Waals surface area contributed by atoms with Crippen LogP contribution in [0.4, 0.5) is 0 Å². The van der Waals surface area contributed by atoms with Crippen LogP contribution in [-0.2, 0) is 0 Å². The van der Waals surface area contributed by atoms with Crippen molar-refractivity contribution >= 4 is 33.9 Å². The Hall–Kier alpha value is -4.12. The number of carbonyl (C=O) groups is 1. The fourth-order valence-electron chi connectivity index (χ4n) is 3.37. The highest BCUT2D eigenvalue weighted by Gasteiger charge is 2.11. The first-order valence-electron chi connectivity index (χ1n) is 9.26. The number of para-hydroxylation sites is 1. The molecule has 2 aromatic heterocycles. The van der Waals surface area contributed by atoms with Gasteiger partial charge in [-0.05, 0) is 47.2 Å². The van der Waals surface area contributed by atoms with Gasteiger partial charge in [0.1, 0.15) is 5.58 Å².